The molecule has 0 amide bonds. The number of hydrogen-bond donors (Lipinski definition) is 2. The van der Waals surface area contributed by atoms with Crippen molar-refractivity contribution in [3.05, 3.63) is 126 Å². The molecule has 4 heterocycles. The zero-order valence-electron chi connectivity index (χ0n) is 27.3. The first-order valence-corrected chi connectivity index (χ1v) is 17.0. The Kier molecular flexibility index (Phi) is 9.51. The van der Waals surface area contributed by atoms with Gasteiger partial charge < -0.3 is 15.4 Å². The number of hydrogen-bond acceptors (Lipinski definition) is 4. The van der Waals surface area contributed by atoms with E-state index in [1.807, 2.05) is 30.3 Å². The zero-order chi connectivity index (χ0) is 35.9. The van der Waals surface area contributed by atoms with Gasteiger partial charge in [-0.3, -0.25) is 9.88 Å². The molecule has 1 aromatic heterocycles. The molecule has 5 atom stereocenters. The predicted molar refractivity (Wildman–Crippen MR) is 191 cm³/mol. The molecule has 0 saturated carbocycles. The van der Waals surface area contributed by atoms with Crippen LogP contribution in [-0.2, 0) is 23.7 Å². The number of halogens is 6. The highest BCUT2D eigenvalue weighted by Gasteiger charge is 2.43. The van der Waals surface area contributed by atoms with Crippen LogP contribution in [0, 0.1) is 11.8 Å². The SMILES string of the molecule is C=C[C@H]1CN2CC[C@H]1C[C@@H]2[C@@H](OCc1cccc2ccccc12)c1ccnc2ccc(NC(=S)Nc3cc(C(F)(F)F)cc(C(F)(F)F)c3)cc12. The van der Waals surface area contributed by atoms with Gasteiger partial charge in [0, 0.05) is 35.5 Å². The lowest BCUT2D eigenvalue weighted by atomic mass is 9.73. The van der Waals surface area contributed by atoms with E-state index in [1.165, 1.54) is 0 Å². The minimum absolute atomic E-state index is 0.0739. The van der Waals surface area contributed by atoms with E-state index in [0.717, 1.165) is 53.2 Å². The first kappa shape index (κ1) is 34.9. The Hall–Kier alpha value is -4.52. The molecule has 2 bridgehead atoms. The van der Waals surface area contributed by atoms with Crippen molar-refractivity contribution < 1.29 is 31.1 Å². The van der Waals surface area contributed by atoms with Crippen molar-refractivity contribution in [2.45, 2.75) is 43.9 Å². The van der Waals surface area contributed by atoms with Gasteiger partial charge in [-0.15, -0.1) is 6.58 Å². The summed E-state index contributed by atoms with van der Waals surface area (Å²) >= 11 is 5.35. The van der Waals surface area contributed by atoms with Crippen LogP contribution in [0.2, 0.25) is 0 Å². The third kappa shape index (κ3) is 7.44. The van der Waals surface area contributed by atoms with Crippen LogP contribution < -0.4 is 10.6 Å². The number of fused-ring (bicyclic) bond motifs is 5. The lowest BCUT2D eigenvalue weighted by Crippen LogP contribution is -2.55. The van der Waals surface area contributed by atoms with Crippen molar-refractivity contribution in [3.8, 4) is 0 Å². The lowest BCUT2D eigenvalue weighted by Gasteiger charge is -2.51. The smallest absolute Gasteiger partial charge is 0.367 e. The second-order valence-electron chi connectivity index (χ2n) is 13.1. The highest BCUT2D eigenvalue weighted by Crippen LogP contribution is 2.44. The summed E-state index contributed by atoms with van der Waals surface area (Å²) in [6.07, 6.45) is -4.48. The first-order chi connectivity index (χ1) is 24.4. The van der Waals surface area contributed by atoms with Crippen LogP contribution in [0.5, 0.6) is 0 Å². The molecule has 51 heavy (non-hydrogen) atoms. The van der Waals surface area contributed by atoms with Crippen molar-refractivity contribution in [3.63, 3.8) is 0 Å². The Balaban J connectivity index is 1.20. The summed E-state index contributed by atoms with van der Waals surface area (Å²) < 4.78 is 87.6. The summed E-state index contributed by atoms with van der Waals surface area (Å²) in [5, 5.41) is 8.28. The summed E-state index contributed by atoms with van der Waals surface area (Å²) in [4.78, 5) is 7.07. The predicted octanol–water partition coefficient (Wildman–Crippen LogP) is 10.4. The molecule has 3 aliphatic rings. The number of nitrogens with one attached hydrogen (secondary N) is 2. The van der Waals surface area contributed by atoms with Gasteiger partial charge in [0.2, 0.25) is 0 Å². The maximum Gasteiger partial charge on any atom is 0.416 e. The van der Waals surface area contributed by atoms with Crippen LogP contribution in [0.4, 0.5) is 37.7 Å². The van der Waals surface area contributed by atoms with Crippen LogP contribution in [0.15, 0.2) is 104 Å². The van der Waals surface area contributed by atoms with E-state index in [1.54, 1.807) is 18.3 Å². The van der Waals surface area contributed by atoms with E-state index in [0.29, 0.717) is 41.8 Å². The number of anilines is 2. The van der Waals surface area contributed by atoms with Gasteiger partial charge in [-0.2, -0.15) is 26.3 Å². The van der Waals surface area contributed by atoms with Gasteiger partial charge in [-0.25, -0.2) is 0 Å². The Morgan fingerprint density at radius 3 is 2.33 bits per heavy atom. The number of piperidine rings is 3. The number of thiocarbonyl (C=S) groups is 1. The fourth-order valence-corrected chi connectivity index (χ4v) is 7.75. The molecule has 0 spiro atoms. The van der Waals surface area contributed by atoms with Crippen molar-refractivity contribution in [2.24, 2.45) is 11.8 Å². The van der Waals surface area contributed by atoms with Crippen molar-refractivity contribution in [2.75, 3.05) is 23.7 Å². The second-order valence-corrected chi connectivity index (χ2v) is 13.5. The van der Waals surface area contributed by atoms with E-state index in [-0.39, 0.29) is 23.3 Å². The molecule has 1 unspecified atom stereocenters. The Morgan fingerprint density at radius 2 is 1.63 bits per heavy atom. The largest absolute Gasteiger partial charge is 0.416 e. The third-order valence-electron chi connectivity index (χ3n) is 9.99. The lowest BCUT2D eigenvalue weighted by molar-refractivity contribution is -0.143. The number of benzene rings is 4. The topological polar surface area (TPSA) is 49.4 Å². The maximum atomic E-state index is 13.4. The fraction of sp³-hybridized carbons (Fsp3) is 0.282. The molecular formula is C39H34F6N4OS. The molecule has 12 heteroatoms. The van der Waals surface area contributed by atoms with Crippen LogP contribution in [-0.4, -0.2) is 34.1 Å². The molecule has 0 radical (unpaired) electrons. The quantitative estimate of drug-likeness (QED) is 0.0946. The molecule has 5 aromatic rings. The summed E-state index contributed by atoms with van der Waals surface area (Å²) in [7, 11) is 0. The molecule has 8 rings (SSSR count). The molecule has 2 N–H and O–H groups in total. The van der Waals surface area contributed by atoms with Crippen molar-refractivity contribution >= 4 is 50.4 Å². The molecule has 264 valence electrons. The number of nitrogens with zero attached hydrogens (tertiary/aromatic N) is 2. The monoisotopic (exact) mass is 720 g/mol. The zero-order valence-corrected chi connectivity index (χ0v) is 28.1. The van der Waals surface area contributed by atoms with Crippen LogP contribution >= 0.6 is 12.2 Å². The molecule has 3 saturated heterocycles. The molecular weight excluding hydrogens is 687 g/mol. The van der Waals surface area contributed by atoms with Gasteiger partial charge in [0.05, 0.1) is 29.4 Å². The number of alkyl halides is 6. The summed E-state index contributed by atoms with van der Waals surface area (Å²) in [5.41, 5.74) is -0.165. The highest BCUT2D eigenvalue weighted by atomic mass is 32.1. The Morgan fingerprint density at radius 1 is 0.902 bits per heavy atom. The van der Waals surface area contributed by atoms with Gasteiger partial charge in [0.15, 0.2) is 5.11 Å². The first-order valence-electron chi connectivity index (χ1n) is 16.6. The van der Waals surface area contributed by atoms with Crippen molar-refractivity contribution in [1.29, 1.82) is 0 Å². The van der Waals surface area contributed by atoms with Crippen LogP contribution in [0.1, 0.15) is 41.2 Å². The summed E-state index contributed by atoms with van der Waals surface area (Å²) in [6, 6.07) is 23.0. The van der Waals surface area contributed by atoms with E-state index >= 15 is 0 Å². The summed E-state index contributed by atoms with van der Waals surface area (Å²) in [5.74, 6) is 0.903. The molecule has 4 aromatic carbocycles. The minimum Gasteiger partial charge on any atom is -0.367 e. The Labute approximate surface area is 296 Å². The highest BCUT2D eigenvalue weighted by molar-refractivity contribution is 7.80. The Bertz CT molecular complexity index is 2060. The van der Waals surface area contributed by atoms with Crippen LogP contribution in [0.25, 0.3) is 21.7 Å². The van der Waals surface area contributed by atoms with Gasteiger partial charge in [0.25, 0.3) is 0 Å². The molecule has 3 fully saturated rings. The van der Waals surface area contributed by atoms with E-state index in [2.05, 4.69) is 57.4 Å². The van der Waals surface area contributed by atoms with Gasteiger partial charge >= 0.3 is 12.4 Å². The molecule has 0 aliphatic carbocycles. The molecule has 5 nitrogen and oxygen atoms in total. The number of ether oxygens (including phenoxy) is 1. The number of pyridine rings is 1. The normalized spacial score (nSPS) is 21.1. The molecule has 3 aliphatic heterocycles. The van der Waals surface area contributed by atoms with E-state index < -0.39 is 29.2 Å². The standard InChI is InChI=1S/C39H34F6N4OS/c1-2-23-21-49-15-13-25(23)16-35(49)36(50-22-26-8-5-7-24-6-3-4-9-31(24)26)32-12-14-46-34-11-10-29(20-33(32)34)47-37(51)48-30-18-27(38(40,41)42)17-28(19-30)39(43,44)45/h2-12,14,17-20,23,25,35-36H,1,13,15-16,21-22H2,(H2,47,48,51)/t23-,25-,35+,36-/m0/s1. The maximum absolute atomic E-state index is 13.4. The number of aromatic nitrogens is 1. The van der Waals surface area contributed by atoms with Gasteiger partial charge in [0.1, 0.15) is 0 Å². The van der Waals surface area contributed by atoms with Crippen LogP contribution in [0.3, 0.4) is 0 Å². The van der Waals surface area contributed by atoms with Gasteiger partial charge in [-0.1, -0.05) is 48.5 Å². The second kappa shape index (κ2) is 13.9. The average Bonchev–Trinajstić information content (AvgIpc) is 3.11. The fourth-order valence-electron chi connectivity index (χ4n) is 7.51. The van der Waals surface area contributed by atoms with E-state index in [4.69, 9.17) is 17.0 Å². The average molecular weight is 721 g/mol. The minimum atomic E-state index is -4.98. The van der Waals surface area contributed by atoms with E-state index in [9.17, 15) is 26.3 Å². The third-order valence-corrected chi connectivity index (χ3v) is 10.2. The van der Waals surface area contributed by atoms with Gasteiger partial charge in [-0.05, 0) is 108 Å². The number of rotatable bonds is 8. The van der Waals surface area contributed by atoms with Crippen molar-refractivity contribution in [1.82, 2.24) is 9.88 Å². The summed E-state index contributed by atoms with van der Waals surface area (Å²) in [6.45, 7) is 6.30.